The molecule has 0 saturated carbocycles. The number of aromatic nitrogens is 2. The number of hydrogen-bond donors (Lipinski definition) is 0. The first-order valence-corrected chi connectivity index (χ1v) is 15.6. The van der Waals surface area contributed by atoms with Crippen LogP contribution >= 0.6 is 20.3 Å². The van der Waals surface area contributed by atoms with E-state index in [-0.39, 0.29) is 12.4 Å². The van der Waals surface area contributed by atoms with E-state index in [4.69, 9.17) is 28.9 Å². The van der Waals surface area contributed by atoms with Crippen LogP contribution in [0.5, 0.6) is 23.0 Å². The average molecular weight is 637 g/mol. The SMILES string of the molecule is COc1ccc(-c2nc(Cc3ccc(P(c4ccccc4)c4ccccc4)cc3)nc3cc(OC)c(OC)cc23)cc1OC.Cl. The lowest BCUT2D eigenvalue weighted by Gasteiger charge is -2.19. The van der Waals surface area contributed by atoms with Crippen LogP contribution in [0.2, 0.25) is 0 Å². The van der Waals surface area contributed by atoms with Crippen LogP contribution in [0.25, 0.3) is 22.2 Å². The van der Waals surface area contributed by atoms with Crippen LogP contribution in [-0.2, 0) is 6.42 Å². The molecule has 0 fully saturated rings. The largest absolute Gasteiger partial charge is 0.493 e. The van der Waals surface area contributed by atoms with Crippen LogP contribution in [0.15, 0.2) is 115 Å². The van der Waals surface area contributed by atoms with Gasteiger partial charge in [-0.3, -0.25) is 0 Å². The molecule has 228 valence electrons. The normalized spacial score (nSPS) is 10.8. The first-order chi connectivity index (χ1) is 21.6. The topological polar surface area (TPSA) is 62.7 Å². The van der Waals surface area contributed by atoms with E-state index in [0.717, 1.165) is 27.7 Å². The van der Waals surface area contributed by atoms with Gasteiger partial charge >= 0.3 is 0 Å². The van der Waals surface area contributed by atoms with Gasteiger partial charge in [0.1, 0.15) is 5.82 Å². The molecule has 6 rings (SSSR count). The van der Waals surface area contributed by atoms with E-state index in [9.17, 15) is 0 Å². The maximum Gasteiger partial charge on any atom is 0.162 e. The summed E-state index contributed by atoms with van der Waals surface area (Å²) in [5.41, 5.74) is 3.56. The molecule has 0 unspecified atom stereocenters. The van der Waals surface area contributed by atoms with Crippen molar-refractivity contribution in [2.24, 2.45) is 0 Å². The third-order valence-electron chi connectivity index (χ3n) is 7.49. The molecule has 0 atom stereocenters. The zero-order chi connectivity index (χ0) is 30.5. The Balaban J connectivity index is 0.00000400. The second kappa shape index (κ2) is 14.4. The maximum atomic E-state index is 5.61. The van der Waals surface area contributed by atoms with Gasteiger partial charge in [0.05, 0.1) is 39.6 Å². The smallest absolute Gasteiger partial charge is 0.162 e. The highest BCUT2D eigenvalue weighted by Crippen LogP contribution is 2.38. The number of ether oxygens (including phenoxy) is 4. The summed E-state index contributed by atoms with van der Waals surface area (Å²) in [6, 6.07) is 39.9. The molecule has 0 saturated heterocycles. The van der Waals surface area contributed by atoms with Crippen LogP contribution in [0.3, 0.4) is 0 Å². The number of nitrogens with zero attached hydrogens (tertiary/aromatic N) is 2. The number of rotatable bonds is 10. The van der Waals surface area contributed by atoms with Crippen molar-refractivity contribution < 1.29 is 18.9 Å². The highest BCUT2D eigenvalue weighted by molar-refractivity contribution is 7.79. The second-order valence-electron chi connectivity index (χ2n) is 10.1. The Morgan fingerprint density at radius 1 is 0.533 bits per heavy atom. The molecule has 8 heteroatoms. The number of methoxy groups -OCH3 is 4. The molecular weight excluding hydrogens is 603 g/mol. The third-order valence-corrected chi connectivity index (χ3v) is 9.93. The molecule has 0 aliphatic carbocycles. The quantitative estimate of drug-likeness (QED) is 0.150. The lowest BCUT2D eigenvalue weighted by Crippen LogP contribution is -2.20. The molecule has 1 aromatic heterocycles. The van der Waals surface area contributed by atoms with E-state index in [2.05, 4.69) is 84.9 Å². The summed E-state index contributed by atoms with van der Waals surface area (Å²) >= 11 is 0. The van der Waals surface area contributed by atoms with Crippen LogP contribution in [0, 0.1) is 0 Å². The van der Waals surface area contributed by atoms with Crippen molar-refractivity contribution in [3.63, 3.8) is 0 Å². The first-order valence-electron chi connectivity index (χ1n) is 14.3. The number of halogens is 1. The Morgan fingerprint density at radius 2 is 1.07 bits per heavy atom. The highest BCUT2D eigenvalue weighted by Gasteiger charge is 2.18. The minimum atomic E-state index is -0.676. The number of fused-ring (bicyclic) bond motifs is 1. The van der Waals surface area contributed by atoms with Gasteiger partial charge in [-0.2, -0.15) is 0 Å². The summed E-state index contributed by atoms with van der Waals surface area (Å²) < 4.78 is 22.3. The predicted molar refractivity (Wildman–Crippen MR) is 186 cm³/mol. The highest BCUT2D eigenvalue weighted by atomic mass is 35.5. The van der Waals surface area contributed by atoms with Gasteiger partial charge in [-0.1, -0.05) is 84.9 Å². The van der Waals surface area contributed by atoms with E-state index in [1.807, 2.05) is 30.3 Å². The summed E-state index contributed by atoms with van der Waals surface area (Å²) in [6.45, 7) is 0. The third kappa shape index (κ3) is 6.73. The Morgan fingerprint density at radius 3 is 1.64 bits per heavy atom. The monoisotopic (exact) mass is 636 g/mol. The van der Waals surface area contributed by atoms with Crippen molar-refractivity contribution in [1.29, 1.82) is 0 Å². The molecule has 0 bridgehead atoms. The lowest BCUT2D eigenvalue weighted by atomic mass is 10.0. The minimum absolute atomic E-state index is 0. The Labute approximate surface area is 271 Å². The molecular formula is C37H34ClN2O4P. The van der Waals surface area contributed by atoms with Gasteiger partial charge in [0.15, 0.2) is 23.0 Å². The zero-order valence-corrected chi connectivity index (χ0v) is 27.3. The molecule has 0 aliphatic rings. The van der Waals surface area contributed by atoms with Crippen molar-refractivity contribution in [1.82, 2.24) is 9.97 Å². The Kier molecular flexibility index (Phi) is 10.2. The summed E-state index contributed by atoms with van der Waals surface area (Å²) in [4.78, 5) is 10.1. The standard InChI is InChI=1S/C37H33N2O4P.ClH/c1-40-32-20-17-26(22-33(32)41-2)37-30-23-34(42-3)35(43-4)24-31(30)38-36(39-37)21-25-15-18-29(19-16-25)44(27-11-7-5-8-12-27)28-13-9-6-10-14-28;/h5-20,22-24H,21H2,1-4H3;1H. The summed E-state index contributed by atoms with van der Waals surface area (Å²) in [5, 5.41) is 4.79. The van der Waals surface area contributed by atoms with Crippen LogP contribution < -0.4 is 34.9 Å². The molecule has 0 radical (unpaired) electrons. The van der Waals surface area contributed by atoms with E-state index >= 15 is 0 Å². The first kappa shape index (κ1) is 31.8. The van der Waals surface area contributed by atoms with Gasteiger partial charge in [-0.05, 0) is 53.7 Å². The summed E-state index contributed by atoms with van der Waals surface area (Å²) in [7, 11) is 5.83. The van der Waals surface area contributed by atoms with E-state index in [1.165, 1.54) is 15.9 Å². The molecule has 1 heterocycles. The van der Waals surface area contributed by atoms with E-state index in [0.29, 0.717) is 35.2 Å². The van der Waals surface area contributed by atoms with Gasteiger partial charge < -0.3 is 18.9 Å². The number of benzene rings is 5. The molecule has 45 heavy (non-hydrogen) atoms. The van der Waals surface area contributed by atoms with E-state index < -0.39 is 7.92 Å². The summed E-state index contributed by atoms with van der Waals surface area (Å²) in [6.07, 6.45) is 0.569. The Hall–Kier alpha value is -4.64. The van der Waals surface area contributed by atoms with Crippen molar-refractivity contribution in [2.45, 2.75) is 6.42 Å². The van der Waals surface area contributed by atoms with Crippen LogP contribution in [0.1, 0.15) is 11.4 Å². The average Bonchev–Trinajstić information content (AvgIpc) is 3.08. The lowest BCUT2D eigenvalue weighted by molar-refractivity contribution is 0.355. The summed E-state index contributed by atoms with van der Waals surface area (Å²) in [5.74, 6) is 3.21. The molecule has 6 nitrogen and oxygen atoms in total. The Bertz CT molecular complexity index is 1850. The van der Waals surface area contributed by atoms with Crippen molar-refractivity contribution in [3.8, 4) is 34.3 Å². The van der Waals surface area contributed by atoms with Gasteiger partial charge in [-0.25, -0.2) is 9.97 Å². The van der Waals surface area contributed by atoms with Crippen molar-refractivity contribution >= 4 is 47.1 Å². The second-order valence-corrected chi connectivity index (χ2v) is 12.4. The molecule has 0 N–H and O–H groups in total. The van der Waals surface area contributed by atoms with Crippen LogP contribution in [-0.4, -0.2) is 38.4 Å². The number of hydrogen-bond acceptors (Lipinski definition) is 6. The predicted octanol–water partition coefficient (Wildman–Crippen LogP) is 7.10. The van der Waals surface area contributed by atoms with Gasteiger partial charge in [-0.15, -0.1) is 12.4 Å². The fourth-order valence-electron chi connectivity index (χ4n) is 5.33. The molecule has 0 amide bonds. The van der Waals surface area contributed by atoms with E-state index in [1.54, 1.807) is 28.4 Å². The maximum absolute atomic E-state index is 5.61. The minimum Gasteiger partial charge on any atom is -0.493 e. The molecule has 0 spiro atoms. The fraction of sp³-hybridized carbons (Fsp3) is 0.135. The molecule has 0 aliphatic heterocycles. The molecule has 5 aromatic carbocycles. The van der Waals surface area contributed by atoms with Gasteiger partial charge in [0.25, 0.3) is 0 Å². The van der Waals surface area contributed by atoms with Gasteiger partial charge in [0, 0.05) is 23.4 Å². The van der Waals surface area contributed by atoms with Crippen molar-refractivity contribution in [3.05, 3.63) is 127 Å². The van der Waals surface area contributed by atoms with Gasteiger partial charge in [0.2, 0.25) is 0 Å². The zero-order valence-electron chi connectivity index (χ0n) is 25.6. The molecule has 6 aromatic rings. The van der Waals surface area contributed by atoms with Crippen LogP contribution in [0.4, 0.5) is 0 Å². The fourth-order valence-corrected chi connectivity index (χ4v) is 7.62. The van der Waals surface area contributed by atoms with Crippen molar-refractivity contribution in [2.75, 3.05) is 28.4 Å².